The summed E-state index contributed by atoms with van der Waals surface area (Å²) in [4.78, 5) is 10.4. The smallest absolute Gasteiger partial charge is 0.149 e. The van der Waals surface area contributed by atoms with Crippen LogP contribution in [0.25, 0.3) is 72.7 Å². The fourth-order valence-electron chi connectivity index (χ4n) is 8.38. The average Bonchev–Trinajstić information content (AvgIpc) is 3.60. The summed E-state index contributed by atoms with van der Waals surface area (Å²) in [5.41, 5.74) is 14.1. The van der Waals surface area contributed by atoms with Crippen LogP contribution in [0.2, 0.25) is 0 Å². The van der Waals surface area contributed by atoms with Gasteiger partial charge < -0.3 is 5.11 Å². The monoisotopic (exact) mass is 701 g/mol. The van der Waals surface area contributed by atoms with Crippen LogP contribution in [0.1, 0.15) is 51.7 Å². The van der Waals surface area contributed by atoms with Crippen LogP contribution >= 0.6 is 0 Å². The van der Waals surface area contributed by atoms with Crippen molar-refractivity contribution in [1.82, 2.24) is 14.5 Å². The molecule has 264 valence electrons. The van der Waals surface area contributed by atoms with Crippen molar-refractivity contribution in [2.24, 2.45) is 0 Å². The zero-order valence-corrected chi connectivity index (χ0v) is 31.2. The van der Waals surface area contributed by atoms with Gasteiger partial charge in [0.2, 0.25) is 0 Å². The Labute approximate surface area is 317 Å². The maximum absolute atomic E-state index is 12.3. The fourth-order valence-corrected chi connectivity index (χ4v) is 8.38. The Hall–Kier alpha value is -6.26. The molecule has 1 aliphatic rings. The van der Waals surface area contributed by atoms with Crippen LogP contribution in [0.5, 0.6) is 5.75 Å². The molecular weight excluding hydrogens is 659 g/mol. The number of para-hydroxylation sites is 2. The van der Waals surface area contributed by atoms with Crippen molar-refractivity contribution in [1.29, 1.82) is 0 Å². The molecule has 2 aromatic heterocycles. The van der Waals surface area contributed by atoms with Gasteiger partial charge in [-0.25, -0.2) is 4.98 Å². The number of phenols is 1. The Balaban J connectivity index is 1.28. The molecule has 4 heteroatoms. The number of imidazole rings is 1. The molecule has 0 bridgehead atoms. The first-order chi connectivity index (χ1) is 26.2. The molecule has 9 rings (SSSR count). The van der Waals surface area contributed by atoms with E-state index in [-0.39, 0.29) is 10.8 Å². The van der Waals surface area contributed by atoms with Crippen molar-refractivity contribution < 1.29 is 5.11 Å². The molecule has 0 fully saturated rings. The molecule has 6 aromatic carbocycles. The summed E-state index contributed by atoms with van der Waals surface area (Å²) >= 11 is 0. The number of hydrogen-bond donors (Lipinski definition) is 1. The largest absolute Gasteiger partial charge is 0.507 e. The summed E-state index contributed by atoms with van der Waals surface area (Å²) in [7, 11) is 0. The van der Waals surface area contributed by atoms with Crippen molar-refractivity contribution in [3.63, 3.8) is 0 Å². The third-order valence-electron chi connectivity index (χ3n) is 11.4. The van der Waals surface area contributed by atoms with Gasteiger partial charge in [-0.05, 0) is 112 Å². The van der Waals surface area contributed by atoms with Gasteiger partial charge in [-0.1, -0.05) is 125 Å². The topological polar surface area (TPSA) is 50.9 Å². The lowest BCUT2D eigenvalue weighted by Gasteiger charge is -2.42. The minimum Gasteiger partial charge on any atom is -0.507 e. The van der Waals surface area contributed by atoms with E-state index in [1.54, 1.807) is 0 Å². The van der Waals surface area contributed by atoms with Crippen molar-refractivity contribution in [3.8, 4) is 67.5 Å². The van der Waals surface area contributed by atoms with Gasteiger partial charge in [0.1, 0.15) is 11.6 Å². The number of pyridine rings is 1. The minimum atomic E-state index is -0.167. The van der Waals surface area contributed by atoms with Gasteiger partial charge in [-0.15, -0.1) is 0 Å². The van der Waals surface area contributed by atoms with Crippen LogP contribution in [0.3, 0.4) is 0 Å². The van der Waals surface area contributed by atoms with Crippen LogP contribution in [-0.2, 0) is 10.8 Å². The molecule has 0 saturated heterocycles. The summed E-state index contributed by atoms with van der Waals surface area (Å²) in [6, 6.07) is 53.0. The molecule has 8 aromatic rings. The second kappa shape index (κ2) is 13.0. The number of hydrogen-bond acceptors (Lipinski definition) is 3. The normalized spacial score (nSPS) is 14.5. The highest BCUT2D eigenvalue weighted by Crippen LogP contribution is 2.52. The Morgan fingerprint density at radius 3 is 1.89 bits per heavy atom. The molecule has 0 amide bonds. The van der Waals surface area contributed by atoms with Crippen molar-refractivity contribution >= 4 is 11.0 Å². The SMILES string of the molecule is CC1(C)CCC(C)(C)c2c1ccc(-c1nc3c(-c4cc(-c5ccccc5)cc(-c5cc(-c6ccccc6)ccn5)c4)cccc3n1-c1ccccc1)c2O. The van der Waals surface area contributed by atoms with Crippen molar-refractivity contribution in [2.75, 3.05) is 0 Å². The first kappa shape index (κ1) is 33.6. The second-order valence-corrected chi connectivity index (χ2v) is 15.9. The summed E-state index contributed by atoms with van der Waals surface area (Å²) in [6.45, 7) is 9.09. The number of fused-ring (bicyclic) bond motifs is 2. The van der Waals surface area contributed by atoms with E-state index < -0.39 is 0 Å². The van der Waals surface area contributed by atoms with Gasteiger partial charge >= 0.3 is 0 Å². The Bertz CT molecular complexity index is 2660. The minimum absolute atomic E-state index is 0.0233. The van der Waals surface area contributed by atoms with Gasteiger partial charge in [0.15, 0.2) is 0 Å². The van der Waals surface area contributed by atoms with E-state index >= 15 is 0 Å². The molecule has 2 heterocycles. The zero-order chi connectivity index (χ0) is 37.0. The number of aromatic nitrogens is 3. The van der Waals surface area contributed by atoms with Gasteiger partial charge in [0.05, 0.1) is 22.3 Å². The Morgan fingerprint density at radius 2 is 1.17 bits per heavy atom. The standard InChI is InChI=1S/C50H43N3O/c1-49(2)26-27-50(3,4)45-42(49)24-23-41(47(45)54)48-52-46-40(21-14-22-44(46)53(48)39-19-12-7-13-20-39)37-29-36(34-17-10-6-11-18-34)30-38(31-37)43-32-35(25-28-51-43)33-15-8-5-9-16-33/h5-25,28-32,54H,26-27H2,1-4H3. The molecule has 4 nitrogen and oxygen atoms in total. The van der Waals surface area contributed by atoms with E-state index in [1.807, 2.05) is 18.3 Å². The maximum Gasteiger partial charge on any atom is 0.149 e. The van der Waals surface area contributed by atoms with Crippen LogP contribution in [0.4, 0.5) is 0 Å². The highest BCUT2D eigenvalue weighted by molar-refractivity contribution is 5.97. The quantitative estimate of drug-likeness (QED) is 0.188. The molecule has 54 heavy (non-hydrogen) atoms. The van der Waals surface area contributed by atoms with E-state index in [0.717, 1.165) is 91.2 Å². The summed E-state index contributed by atoms with van der Waals surface area (Å²) in [5.74, 6) is 1.05. The van der Waals surface area contributed by atoms with Crippen LogP contribution in [0.15, 0.2) is 158 Å². The molecule has 0 atom stereocenters. The number of rotatable bonds is 6. The number of aromatic hydroxyl groups is 1. The van der Waals surface area contributed by atoms with Crippen LogP contribution in [-0.4, -0.2) is 19.6 Å². The summed E-state index contributed by atoms with van der Waals surface area (Å²) in [6.07, 6.45) is 3.98. The van der Waals surface area contributed by atoms with E-state index in [9.17, 15) is 5.11 Å². The van der Waals surface area contributed by atoms with Gasteiger partial charge in [-0.3, -0.25) is 9.55 Å². The average molecular weight is 702 g/mol. The number of nitrogens with zero attached hydrogens (tertiary/aromatic N) is 3. The highest BCUT2D eigenvalue weighted by Gasteiger charge is 2.40. The lowest BCUT2D eigenvalue weighted by atomic mass is 9.62. The van der Waals surface area contributed by atoms with E-state index in [4.69, 9.17) is 9.97 Å². The maximum atomic E-state index is 12.3. The number of phenolic OH excluding ortho intramolecular Hbond substituents is 1. The highest BCUT2D eigenvalue weighted by atomic mass is 16.3. The molecule has 1 N–H and O–H groups in total. The zero-order valence-electron chi connectivity index (χ0n) is 31.2. The van der Waals surface area contributed by atoms with Crippen LogP contribution in [0, 0.1) is 0 Å². The Kier molecular flexibility index (Phi) is 8.08. The Morgan fingerprint density at radius 1 is 0.537 bits per heavy atom. The molecule has 0 saturated carbocycles. The molecular formula is C50H43N3O. The predicted molar refractivity (Wildman–Crippen MR) is 223 cm³/mol. The van der Waals surface area contributed by atoms with E-state index in [2.05, 4.69) is 172 Å². The van der Waals surface area contributed by atoms with E-state index in [1.165, 1.54) is 5.56 Å². The summed E-state index contributed by atoms with van der Waals surface area (Å²) in [5, 5.41) is 12.3. The second-order valence-electron chi connectivity index (χ2n) is 15.9. The lowest BCUT2D eigenvalue weighted by Crippen LogP contribution is -2.34. The molecule has 0 aliphatic heterocycles. The van der Waals surface area contributed by atoms with Gasteiger partial charge in [0.25, 0.3) is 0 Å². The first-order valence-electron chi connectivity index (χ1n) is 18.8. The van der Waals surface area contributed by atoms with E-state index in [0.29, 0.717) is 5.75 Å². The molecule has 0 radical (unpaired) electrons. The third-order valence-corrected chi connectivity index (χ3v) is 11.4. The third kappa shape index (κ3) is 5.79. The number of benzene rings is 6. The van der Waals surface area contributed by atoms with Crippen molar-refractivity contribution in [2.45, 2.75) is 51.4 Å². The van der Waals surface area contributed by atoms with Gasteiger partial charge in [-0.2, -0.15) is 0 Å². The molecule has 0 spiro atoms. The van der Waals surface area contributed by atoms with Crippen LogP contribution < -0.4 is 0 Å². The fraction of sp³-hybridized carbons (Fsp3) is 0.160. The summed E-state index contributed by atoms with van der Waals surface area (Å²) < 4.78 is 2.20. The predicted octanol–water partition coefficient (Wildman–Crippen LogP) is 12.8. The first-order valence-corrected chi connectivity index (χ1v) is 18.8. The molecule has 0 unspecified atom stereocenters. The lowest BCUT2D eigenvalue weighted by molar-refractivity contribution is 0.318. The van der Waals surface area contributed by atoms with Crippen molar-refractivity contribution in [3.05, 3.63) is 169 Å². The molecule has 1 aliphatic carbocycles. The van der Waals surface area contributed by atoms with Gasteiger partial charge in [0, 0.05) is 28.6 Å².